The normalized spacial score (nSPS) is 14.6. The van der Waals surface area contributed by atoms with Crippen molar-refractivity contribution in [3.63, 3.8) is 0 Å². The van der Waals surface area contributed by atoms with Crippen molar-refractivity contribution in [2.75, 3.05) is 37.0 Å². The van der Waals surface area contributed by atoms with Crippen LogP contribution in [-0.4, -0.2) is 26.7 Å². The van der Waals surface area contributed by atoms with Crippen molar-refractivity contribution in [1.82, 2.24) is 0 Å². The Hall–Kier alpha value is -1.38. The summed E-state index contributed by atoms with van der Waals surface area (Å²) in [5, 5.41) is 3.15. The molecular weight excluding hydrogens is 176 g/mol. The molecule has 0 saturated heterocycles. The molecule has 1 aromatic rings. The number of fused-ring (bicyclic) bond motifs is 1. The monoisotopic (exact) mass is 192 g/mol. The van der Waals surface area contributed by atoms with Crippen LogP contribution in [0.3, 0.4) is 0 Å². The molecule has 0 atom stereocenters. The van der Waals surface area contributed by atoms with E-state index in [4.69, 9.17) is 4.74 Å². The van der Waals surface area contributed by atoms with Gasteiger partial charge in [-0.05, 0) is 19.1 Å². The molecule has 14 heavy (non-hydrogen) atoms. The predicted octanol–water partition coefficient (Wildman–Crippen LogP) is 1.95. The van der Waals surface area contributed by atoms with Gasteiger partial charge in [0.15, 0.2) is 5.75 Å². The second kappa shape index (κ2) is 3.78. The molecular formula is C11H16N2O. The number of likely N-dealkylation sites (N-methyl/N-ethyl adjacent to an activating group) is 1. The lowest BCUT2D eigenvalue weighted by atomic mass is 10.2. The van der Waals surface area contributed by atoms with Crippen molar-refractivity contribution in [2.45, 2.75) is 6.92 Å². The van der Waals surface area contributed by atoms with Crippen molar-refractivity contribution in [2.24, 2.45) is 0 Å². The maximum atomic E-state index is 5.67. The zero-order valence-electron chi connectivity index (χ0n) is 8.71. The second-order valence-electron chi connectivity index (χ2n) is 3.33. The van der Waals surface area contributed by atoms with E-state index in [1.165, 1.54) is 5.69 Å². The summed E-state index contributed by atoms with van der Waals surface area (Å²) < 4.78 is 5.67. The van der Waals surface area contributed by atoms with Crippen molar-refractivity contribution in [3.8, 4) is 5.75 Å². The van der Waals surface area contributed by atoms with E-state index in [2.05, 4.69) is 29.3 Å². The number of para-hydroxylation sites is 1. The molecule has 0 spiro atoms. The highest BCUT2D eigenvalue weighted by molar-refractivity contribution is 5.72. The third-order valence-electron chi connectivity index (χ3n) is 2.59. The molecule has 0 aliphatic carbocycles. The molecule has 0 saturated carbocycles. The van der Waals surface area contributed by atoms with Gasteiger partial charge in [-0.2, -0.15) is 0 Å². The first-order valence-electron chi connectivity index (χ1n) is 5.05. The van der Waals surface area contributed by atoms with Gasteiger partial charge in [0.1, 0.15) is 6.61 Å². The molecule has 1 N–H and O–H groups in total. The highest BCUT2D eigenvalue weighted by atomic mass is 16.5. The van der Waals surface area contributed by atoms with Crippen LogP contribution in [0, 0.1) is 0 Å². The van der Waals surface area contributed by atoms with Crippen LogP contribution in [0.25, 0.3) is 0 Å². The molecule has 76 valence electrons. The number of ether oxygens (including phenoxy) is 1. The van der Waals surface area contributed by atoms with E-state index in [9.17, 15) is 0 Å². The summed E-state index contributed by atoms with van der Waals surface area (Å²) in [7, 11) is 1.92. The van der Waals surface area contributed by atoms with E-state index in [0.29, 0.717) is 0 Å². The van der Waals surface area contributed by atoms with Gasteiger partial charge in [0.25, 0.3) is 0 Å². The van der Waals surface area contributed by atoms with E-state index >= 15 is 0 Å². The third-order valence-corrected chi connectivity index (χ3v) is 2.59. The quantitative estimate of drug-likeness (QED) is 0.775. The lowest BCUT2D eigenvalue weighted by molar-refractivity contribution is 0.310. The first kappa shape index (κ1) is 9.19. The Morgan fingerprint density at radius 3 is 3.07 bits per heavy atom. The summed E-state index contributed by atoms with van der Waals surface area (Å²) in [6.07, 6.45) is 0. The maximum absolute atomic E-state index is 5.67. The molecule has 0 unspecified atom stereocenters. The van der Waals surface area contributed by atoms with Gasteiger partial charge in [-0.3, -0.25) is 0 Å². The average Bonchev–Trinajstić information content (AvgIpc) is 2.27. The fraction of sp³-hybridized carbons (Fsp3) is 0.455. The molecule has 0 radical (unpaired) electrons. The molecule has 0 bridgehead atoms. The third kappa shape index (κ3) is 1.39. The summed E-state index contributed by atoms with van der Waals surface area (Å²) >= 11 is 0. The van der Waals surface area contributed by atoms with Crippen LogP contribution < -0.4 is 15.0 Å². The smallest absolute Gasteiger partial charge is 0.165 e. The summed E-state index contributed by atoms with van der Waals surface area (Å²) in [6, 6.07) is 6.21. The minimum Gasteiger partial charge on any atom is -0.487 e. The zero-order chi connectivity index (χ0) is 9.97. The van der Waals surface area contributed by atoms with Gasteiger partial charge in [0.05, 0.1) is 17.9 Å². The molecule has 3 nitrogen and oxygen atoms in total. The van der Waals surface area contributed by atoms with Crippen molar-refractivity contribution >= 4 is 11.4 Å². The number of benzene rings is 1. The largest absolute Gasteiger partial charge is 0.487 e. The van der Waals surface area contributed by atoms with E-state index in [1.807, 2.05) is 13.1 Å². The summed E-state index contributed by atoms with van der Waals surface area (Å²) in [6.45, 7) is 4.96. The van der Waals surface area contributed by atoms with E-state index in [0.717, 1.165) is 31.1 Å². The van der Waals surface area contributed by atoms with E-state index in [1.54, 1.807) is 0 Å². The van der Waals surface area contributed by atoms with Crippen LogP contribution in [0.15, 0.2) is 18.2 Å². The number of hydrogen-bond donors (Lipinski definition) is 1. The molecule has 1 aliphatic rings. The van der Waals surface area contributed by atoms with E-state index < -0.39 is 0 Å². The Morgan fingerprint density at radius 1 is 1.50 bits per heavy atom. The number of anilines is 2. The highest BCUT2D eigenvalue weighted by Crippen LogP contribution is 2.37. The minimum atomic E-state index is 0.777. The standard InChI is InChI=1S/C11H16N2O/c1-3-13-7-8-14-11-9(12-2)5-4-6-10(11)13/h4-6,12H,3,7-8H2,1-2H3. The van der Waals surface area contributed by atoms with Crippen molar-refractivity contribution < 1.29 is 4.74 Å². The summed E-state index contributed by atoms with van der Waals surface area (Å²) in [5.41, 5.74) is 2.27. The minimum absolute atomic E-state index is 0.777. The predicted molar refractivity (Wildman–Crippen MR) is 59.4 cm³/mol. The lowest BCUT2D eigenvalue weighted by Crippen LogP contribution is -2.32. The first-order valence-corrected chi connectivity index (χ1v) is 5.05. The summed E-state index contributed by atoms with van der Waals surface area (Å²) in [4.78, 5) is 2.33. The van der Waals surface area contributed by atoms with Gasteiger partial charge in [0.2, 0.25) is 0 Å². The number of rotatable bonds is 2. The number of nitrogens with one attached hydrogen (secondary N) is 1. The Balaban J connectivity index is 2.43. The van der Waals surface area contributed by atoms with Crippen molar-refractivity contribution in [1.29, 1.82) is 0 Å². The Kier molecular flexibility index (Phi) is 2.48. The van der Waals surface area contributed by atoms with Crippen molar-refractivity contribution in [3.05, 3.63) is 18.2 Å². The number of hydrogen-bond acceptors (Lipinski definition) is 3. The Labute approximate surface area is 84.7 Å². The first-order chi connectivity index (χ1) is 6.86. The fourth-order valence-corrected chi connectivity index (χ4v) is 1.83. The molecule has 0 amide bonds. The van der Waals surface area contributed by atoms with Gasteiger partial charge in [0, 0.05) is 13.6 Å². The SMILES string of the molecule is CCN1CCOc2c(NC)cccc21. The van der Waals surface area contributed by atoms with Gasteiger partial charge >= 0.3 is 0 Å². The van der Waals surface area contributed by atoms with E-state index in [-0.39, 0.29) is 0 Å². The van der Waals surface area contributed by atoms with Crippen LogP contribution in [0.5, 0.6) is 5.75 Å². The van der Waals surface area contributed by atoms with Crippen LogP contribution in [0.1, 0.15) is 6.92 Å². The molecule has 1 heterocycles. The zero-order valence-corrected chi connectivity index (χ0v) is 8.71. The second-order valence-corrected chi connectivity index (χ2v) is 3.33. The molecule has 0 fully saturated rings. The molecule has 0 aromatic heterocycles. The molecule has 1 aromatic carbocycles. The molecule has 3 heteroatoms. The summed E-state index contributed by atoms with van der Waals surface area (Å²) in [5.74, 6) is 0.989. The molecule has 2 rings (SSSR count). The van der Waals surface area contributed by atoms with Gasteiger partial charge in [-0.25, -0.2) is 0 Å². The average molecular weight is 192 g/mol. The van der Waals surface area contributed by atoms with Crippen LogP contribution >= 0.6 is 0 Å². The Morgan fingerprint density at radius 2 is 2.36 bits per heavy atom. The van der Waals surface area contributed by atoms with Crippen LogP contribution in [0.4, 0.5) is 11.4 Å². The lowest BCUT2D eigenvalue weighted by Gasteiger charge is -2.31. The van der Waals surface area contributed by atoms with Gasteiger partial charge in [-0.15, -0.1) is 0 Å². The van der Waals surface area contributed by atoms with Gasteiger partial charge < -0.3 is 15.0 Å². The topological polar surface area (TPSA) is 24.5 Å². The molecule has 1 aliphatic heterocycles. The fourth-order valence-electron chi connectivity index (χ4n) is 1.83. The van der Waals surface area contributed by atoms with Crippen LogP contribution in [0.2, 0.25) is 0 Å². The van der Waals surface area contributed by atoms with Crippen LogP contribution in [-0.2, 0) is 0 Å². The number of nitrogens with zero attached hydrogens (tertiary/aromatic N) is 1. The highest BCUT2D eigenvalue weighted by Gasteiger charge is 2.18. The maximum Gasteiger partial charge on any atom is 0.165 e. The van der Waals surface area contributed by atoms with Gasteiger partial charge in [-0.1, -0.05) is 6.07 Å². The Bertz CT molecular complexity index is 325.